The van der Waals surface area contributed by atoms with Crippen molar-refractivity contribution in [2.75, 3.05) is 0 Å². The first-order chi connectivity index (χ1) is 8.99. The van der Waals surface area contributed by atoms with Gasteiger partial charge in [-0.25, -0.2) is 0 Å². The summed E-state index contributed by atoms with van der Waals surface area (Å²) in [5, 5.41) is 0. The maximum atomic E-state index is 12.3. The van der Waals surface area contributed by atoms with E-state index in [0.717, 1.165) is 0 Å². The van der Waals surface area contributed by atoms with Gasteiger partial charge in [-0.2, -0.15) is 0 Å². The SMILES string of the molecule is O=Cc1ccnc(-c2ccccc2OC(F)(F)F)c1. The molecule has 0 aliphatic heterocycles. The van der Waals surface area contributed by atoms with E-state index in [2.05, 4.69) is 9.72 Å². The lowest BCUT2D eigenvalue weighted by Crippen LogP contribution is -2.17. The Morgan fingerprint density at radius 3 is 2.58 bits per heavy atom. The fourth-order valence-corrected chi connectivity index (χ4v) is 1.56. The molecule has 6 heteroatoms. The van der Waals surface area contributed by atoms with Crippen molar-refractivity contribution >= 4 is 6.29 Å². The molecular formula is C13H8F3NO2. The Labute approximate surface area is 106 Å². The molecule has 1 heterocycles. The van der Waals surface area contributed by atoms with Crippen molar-refractivity contribution in [3.05, 3.63) is 48.2 Å². The number of nitrogens with zero attached hydrogens (tertiary/aromatic N) is 1. The van der Waals surface area contributed by atoms with Crippen molar-refractivity contribution < 1.29 is 22.7 Å². The molecule has 0 saturated heterocycles. The predicted molar refractivity (Wildman–Crippen MR) is 61.7 cm³/mol. The van der Waals surface area contributed by atoms with Crippen LogP contribution in [0.1, 0.15) is 10.4 Å². The van der Waals surface area contributed by atoms with Crippen LogP contribution in [0.2, 0.25) is 0 Å². The Kier molecular flexibility index (Phi) is 3.50. The van der Waals surface area contributed by atoms with Crippen LogP contribution in [-0.2, 0) is 0 Å². The van der Waals surface area contributed by atoms with Crippen LogP contribution in [0.15, 0.2) is 42.6 Å². The number of para-hydroxylation sites is 1. The number of carbonyl (C=O) groups is 1. The number of rotatable bonds is 3. The first-order valence-electron chi connectivity index (χ1n) is 5.26. The number of alkyl halides is 3. The third-order valence-electron chi connectivity index (χ3n) is 2.31. The number of ether oxygens (including phenoxy) is 1. The monoisotopic (exact) mass is 267 g/mol. The first kappa shape index (κ1) is 13.1. The van der Waals surface area contributed by atoms with E-state index in [4.69, 9.17) is 0 Å². The second-order valence-corrected chi connectivity index (χ2v) is 3.64. The van der Waals surface area contributed by atoms with Gasteiger partial charge in [0, 0.05) is 17.3 Å². The van der Waals surface area contributed by atoms with E-state index in [1.165, 1.54) is 36.5 Å². The molecule has 0 N–H and O–H groups in total. The lowest BCUT2D eigenvalue weighted by atomic mass is 10.1. The molecule has 0 aliphatic carbocycles. The van der Waals surface area contributed by atoms with E-state index in [0.29, 0.717) is 11.8 Å². The van der Waals surface area contributed by atoms with Gasteiger partial charge in [-0.05, 0) is 24.3 Å². The first-order valence-corrected chi connectivity index (χ1v) is 5.26. The summed E-state index contributed by atoms with van der Waals surface area (Å²) in [6.07, 6.45) is -2.83. The molecule has 0 radical (unpaired) electrons. The Balaban J connectivity index is 2.46. The zero-order valence-electron chi connectivity index (χ0n) is 9.52. The van der Waals surface area contributed by atoms with Gasteiger partial charge < -0.3 is 4.74 Å². The van der Waals surface area contributed by atoms with E-state index in [1.54, 1.807) is 6.07 Å². The highest BCUT2D eigenvalue weighted by atomic mass is 19.4. The molecule has 1 aromatic heterocycles. The summed E-state index contributed by atoms with van der Waals surface area (Å²) in [5.41, 5.74) is 0.736. The number of pyridine rings is 1. The second-order valence-electron chi connectivity index (χ2n) is 3.64. The molecule has 0 atom stereocenters. The van der Waals surface area contributed by atoms with E-state index < -0.39 is 6.36 Å². The summed E-state index contributed by atoms with van der Waals surface area (Å²) >= 11 is 0. The zero-order chi connectivity index (χ0) is 13.9. The minimum atomic E-state index is -4.78. The van der Waals surface area contributed by atoms with Gasteiger partial charge in [0.15, 0.2) is 0 Å². The van der Waals surface area contributed by atoms with Crippen molar-refractivity contribution in [3.63, 3.8) is 0 Å². The van der Waals surface area contributed by atoms with E-state index in [-0.39, 0.29) is 17.0 Å². The third kappa shape index (κ3) is 3.31. The normalized spacial score (nSPS) is 11.1. The van der Waals surface area contributed by atoms with Gasteiger partial charge in [-0.15, -0.1) is 13.2 Å². The Morgan fingerprint density at radius 2 is 1.89 bits per heavy atom. The molecule has 0 saturated carbocycles. The topological polar surface area (TPSA) is 39.2 Å². The number of aromatic nitrogens is 1. The van der Waals surface area contributed by atoms with Gasteiger partial charge >= 0.3 is 6.36 Å². The van der Waals surface area contributed by atoms with Crippen LogP contribution >= 0.6 is 0 Å². The lowest BCUT2D eigenvalue weighted by molar-refractivity contribution is -0.274. The van der Waals surface area contributed by atoms with Crippen LogP contribution in [0.3, 0.4) is 0 Å². The molecule has 0 amide bonds. The van der Waals surface area contributed by atoms with E-state index >= 15 is 0 Å². The average Bonchev–Trinajstić information content (AvgIpc) is 2.37. The van der Waals surface area contributed by atoms with Crippen LogP contribution in [0.4, 0.5) is 13.2 Å². The molecular weight excluding hydrogens is 259 g/mol. The Hall–Kier alpha value is -2.37. The second kappa shape index (κ2) is 5.09. The maximum absolute atomic E-state index is 12.3. The smallest absolute Gasteiger partial charge is 0.405 e. The van der Waals surface area contributed by atoms with Crippen LogP contribution in [0, 0.1) is 0 Å². The van der Waals surface area contributed by atoms with Gasteiger partial charge in [-0.1, -0.05) is 12.1 Å². The van der Waals surface area contributed by atoms with Gasteiger partial charge in [0.1, 0.15) is 12.0 Å². The highest BCUT2D eigenvalue weighted by Crippen LogP contribution is 2.32. The van der Waals surface area contributed by atoms with Gasteiger partial charge in [-0.3, -0.25) is 9.78 Å². The molecule has 1 aromatic carbocycles. The zero-order valence-corrected chi connectivity index (χ0v) is 9.52. The van der Waals surface area contributed by atoms with Gasteiger partial charge in [0.25, 0.3) is 0 Å². The largest absolute Gasteiger partial charge is 0.573 e. The number of aldehydes is 1. The average molecular weight is 267 g/mol. The van der Waals surface area contributed by atoms with Crippen molar-refractivity contribution in [3.8, 4) is 17.0 Å². The fourth-order valence-electron chi connectivity index (χ4n) is 1.56. The van der Waals surface area contributed by atoms with E-state index in [1.807, 2.05) is 0 Å². The third-order valence-corrected chi connectivity index (χ3v) is 2.31. The van der Waals surface area contributed by atoms with Crippen molar-refractivity contribution in [1.29, 1.82) is 0 Å². The summed E-state index contributed by atoms with van der Waals surface area (Å²) < 4.78 is 40.8. The minimum absolute atomic E-state index is 0.170. The number of halogens is 3. The van der Waals surface area contributed by atoms with Crippen molar-refractivity contribution in [2.24, 2.45) is 0 Å². The minimum Gasteiger partial charge on any atom is -0.405 e. The Bertz CT molecular complexity index is 596. The molecule has 0 spiro atoms. The van der Waals surface area contributed by atoms with Crippen LogP contribution in [-0.4, -0.2) is 17.6 Å². The summed E-state index contributed by atoms with van der Waals surface area (Å²) in [6, 6.07) is 8.48. The fraction of sp³-hybridized carbons (Fsp3) is 0.0769. The summed E-state index contributed by atoms with van der Waals surface area (Å²) in [6.45, 7) is 0. The van der Waals surface area contributed by atoms with Crippen LogP contribution in [0.25, 0.3) is 11.3 Å². The van der Waals surface area contributed by atoms with Crippen molar-refractivity contribution in [1.82, 2.24) is 4.98 Å². The molecule has 0 aliphatic rings. The van der Waals surface area contributed by atoms with Gasteiger partial charge in [0.05, 0.1) is 5.69 Å². The number of carbonyl (C=O) groups excluding carboxylic acids is 1. The predicted octanol–water partition coefficient (Wildman–Crippen LogP) is 3.46. The Morgan fingerprint density at radius 1 is 1.16 bits per heavy atom. The molecule has 0 unspecified atom stereocenters. The molecule has 3 nitrogen and oxygen atoms in total. The number of hydrogen-bond donors (Lipinski definition) is 0. The highest BCUT2D eigenvalue weighted by molar-refractivity contribution is 5.78. The molecule has 98 valence electrons. The van der Waals surface area contributed by atoms with Crippen LogP contribution < -0.4 is 4.74 Å². The molecule has 0 fully saturated rings. The van der Waals surface area contributed by atoms with E-state index in [9.17, 15) is 18.0 Å². The molecule has 2 rings (SSSR count). The summed E-state index contributed by atoms with van der Waals surface area (Å²) in [5.74, 6) is -0.356. The summed E-state index contributed by atoms with van der Waals surface area (Å²) in [7, 11) is 0. The van der Waals surface area contributed by atoms with Crippen LogP contribution in [0.5, 0.6) is 5.75 Å². The van der Waals surface area contributed by atoms with Crippen molar-refractivity contribution in [2.45, 2.75) is 6.36 Å². The quantitative estimate of drug-likeness (QED) is 0.799. The standard InChI is InChI=1S/C13H8F3NO2/c14-13(15,16)19-12-4-2-1-3-10(12)11-7-9(8-18)5-6-17-11/h1-8H. The maximum Gasteiger partial charge on any atom is 0.573 e. The highest BCUT2D eigenvalue weighted by Gasteiger charge is 2.32. The lowest BCUT2D eigenvalue weighted by Gasteiger charge is -2.12. The molecule has 2 aromatic rings. The summed E-state index contributed by atoms with van der Waals surface area (Å²) in [4.78, 5) is 14.6. The number of hydrogen-bond acceptors (Lipinski definition) is 3. The molecule has 19 heavy (non-hydrogen) atoms. The van der Waals surface area contributed by atoms with Gasteiger partial charge in [0.2, 0.25) is 0 Å². The molecule has 0 bridgehead atoms. The number of benzene rings is 1.